The van der Waals surface area contributed by atoms with Crippen molar-refractivity contribution in [1.29, 1.82) is 0 Å². The van der Waals surface area contributed by atoms with Gasteiger partial charge < -0.3 is 20.4 Å². The minimum absolute atomic E-state index is 0.0340. The zero-order chi connectivity index (χ0) is 17.6. The molecule has 3 heterocycles. The number of nitrogens with zero attached hydrogens (tertiary/aromatic N) is 2. The number of furan rings is 1. The third kappa shape index (κ3) is 4.75. The monoisotopic (exact) mass is 348 g/mol. The SMILES string of the molecule is NC(=O)CC1CCN(C(=O)NC[C@@H](c2ccco2)N2CCCC2)CC1. The van der Waals surface area contributed by atoms with Crippen LogP contribution < -0.4 is 11.1 Å². The highest BCUT2D eigenvalue weighted by Crippen LogP contribution is 2.25. The van der Waals surface area contributed by atoms with E-state index in [9.17, 15) is 9.59 Å². The maximum atomic E-state index is 12.5. The van der Waals surface area contributed by atoms with Crippen molar-refractivity contribution in [2.24, 2.45) is 11.7 Å². The first-order valence-electron chi connectivity index (χ1n) is 9.22. The molecule has 25 heavy (non-hydrogen) atoms. The van der Waals surface area contributed by atoms with Gasteiger partial charge in [0.2, 0.25) is 5.91 Å². The van der Waals surface area contributed by atoms with Crippen LogP contribution in [-0.4, -0.2) is 54.5 Å². The summed E-state index contributed by atoms with van der Waals surface area (Å²) in [7, 11) is 0. The van der Waals surface area contributed by atoms with Gasteiger partial charge in [-0.3, -0.25) is 9.69 Å². The summed E-state index contributed by atoms with van der Waals surface area (Å²) in [5, 5.41) is 3.07. The molecular weight excluding hydrogens is 320 g/mol. The van der Waals surface area contributed by atoms with E-state index < -0.39 is 0 Å². The van der Waals surface area contributed by atoms with Crippen molar-refractivity contribution >= 4 is 11.9 Å². The van der Waals surface area contributed by atoms with E-state index in [0.717, 1.165) is 31.7 Å². The molecule has 0 radical (unpaired) electrons. The minimum Gasteiger partial charge on any atom is -0.468 e. The van der Waals surface area contributed by atoms with Gasteiger partial charge in [0.05, 0.1) is 12.3 Å². The second kappa shape index (κ2) is 8.38. The predicted molar refractivity (Wildman–Crippen MR) is 93.8 cm³/mol. The fraction of sp³-hybridized carbons (Fsp3) is 0.667. The Morgan fingerprint density at radius 3 is 2.56 bits per heavy atom. The average Bonchev–Trinajstić information content (AvgIpc) is 3.29. The molecule has 1 aromatic heterocycles. The van der Waals surface area contributed by atoms with Gasteiger partial charge in [-0.15, -0.1) is 0 Å². The number of nitrogens with one attached hydrogen (secondary N) is 1. The zero-order valence-corrected chi connectivity index (χ0v) is 14.7. The highest BCUT2D eigenvalue weighted by atomic mass is 16.3. The maximum Gasteiger partial charge on any atom is 0.317 e. The van der Waals surface area contributed by atoms with Crippen LogP contribution in [0.5, 0.6) is 0 Å². The first-order valence-corrected chi connectivity index (χ1v) is 9.22. The van der Waals surface area contributed by atoms with Gasteiger partial charge in [-0.2, -0.15) is 0 Å². The summed E-state index contributed by atoms with van der Waals surface area (Å²) in [6.45, 7) is 3.99. The Morgan fingerprint density at radius 1 is 1.24 bits per heavy atom. The van der Waals surface area contributed by atoms with Crippen LogP contribution in [0, 0.1) is 5.92 Å². The van der Waals surface area contributed by atoms with E-state index >= 15 is 0 Å². The smallest absolute Gasteiger partial charge is 0.317 e. The molecule has 2 aliphatic rings. The fourth-order valence-electron chi connectivity index (χ4n) is 3.86. The summed E-state index contributed by atoms with van der Waals surface area (Å²) in [4.78, 5) is 27.7. The van der Waals surface area contributed by atoms with Gasteiger partial charge in [0, 0.05) is 26.1 Å². The normalized spacial score (nSPS) is 20.6. The number of piperidine rings is 1. The van der Waals surface area contributed by atoms with Crippen LogP contribution >= 0.6 is 0 Å². The first kappa shape index (κ1) is 17.8. The van der Waals surface area contributed by atoms with Crippen molar-refractivity contribution in [3.05, 3.63) is 24.2 Å². The third-order valence-electron chi connectivity index (χ3n) is 5.29. The van der Waals surface area contributed by atoms with Gasteiger partial charge in [0.1, 0.15) is 5.76 Å². The van der Waals surface area contributed by atoms with E-state index in [-0.39, 0.29) is 18.0 Å². The average molecular weight is 348 g/mol. The number of carbonyl (C=O) groups excluding carboxylic acids is 2. The standard InChI is InChI=1S/C18H28N4O3/c19-17(23)12-14-5-9-22(10-6-14)18(24)20-13-15(16-4-3-11-25-16)21-7-1-2-8-21/h3-4,11,14-15H,1-2,5-10,12-13H2,(H2,19,23)(H,20,24)/t15-/m0/s1. The summed E-state index contributed by atoms with van der Waals surface area (Å²) in [6.07, 6.45) is 6.17. The number of likely N-dealkylation sites (tertiary alicyclic amines) is 2. The van der Waals surface area contributed by atoms with Crippen molar-refractivity contribution in [2.45, 2.75) is 38.1 Å². The molecule has 1 atom stereocenters. The lowest BCUT2D eigenvalue weighted by molar-refractivity contribution is -0.119. The minimum atomic E-state index is -0.255. The molecule has 7 nitrogen and oxygen atoms in total. The molecule has 2 aliphatic heterocycles. The summed E-state index contributed by atoms with van der Waals surface area (Å²) in [5.41, 5.74) is 5.26. The summed E-state index contributed by atoms with van der Waals surface area (Å²) in [5.74, 6) is 0.958. The Bertz CT molecular complexity index is 561. The molecule has 0 aliphatic carbocycles. The Labute approximate surface area is 148 Å². The van der Waals surface area contributed by atoms with Gasteiger partial charge in [-0.1, -0.05) is 0 Å². The van der Waals surface area contributed by atoms with Crippen LogP contribution in [0.1, 0.15) is 43.9 Å². The Morgan fingerprint density at radius 2 is 1.96 bits per heavy atom. The van der Waals surface area contributed by atoms with Gasteiger partial charge >= 0.3 is 6.03 Å². The van der Waals surface area contributed by atoms with Crippen LogP contribution in [0.15, 0.2) is 22.8 Å². The highest BCUT2D eigenvalue weighted by molar-refractivity contribution is 5.75. The lowest BCUT2D eigenvalue weighted by Crippen LogP contribution is -2.47. The number of nitrogens with two attached hydrogens (primary N) is 1. The van der Waals surface area contributed by atoms with Crippen molar-refractivity contribution in [2.75, 3.05) is 32.7 Å². The molecule has 3 rings (SSSR count). The van der Waals surface area contributed by atoms with E-state index in [0.29, 0.717) is 32.0 Å². The largest absolute Gasteiger partial charge is 0.468 e. The maximum absolute atomic E-state index is 12.5. The molecule has 0 unspecified atom stereocenters. The van der Waals surface area contributed by atoms with E-state index in [1.54, 1.807) is 6.26 Å². The molecule has 2 saturated heterocycles. The van der Waals surface area contributed by atoms with Crippen LogP contribution in [0.25, 0.3) is 0 Å². The molecule has 7 heteroatoms. The molecule has 0 spiro atoms. The van der Waals surface area contributed by atoms with Crippen LogP contribution in [0.3, 0.4) is 0 Å². The van der Waals surface area contributed by atoms with E-state index in [4.69, 9.17) is 10.2 Å². The van der Waals surface area contributed by atoms with E-state index in [1.807, 2.05) is 17.0 Å². The quantitative estimate of drug-likeness (QED) is 0.819. The van der Waals surface area contributed by atoms with Crippen molar-refractivity contribution in [3.8, 4) is 0 Å². The lowest BCUT2D eigenvalue weighted by Gasteiger charge is -2.32. The Kier molecular flexibility index (Phi) is 5.96. The predicted octanol–water partition coefficient (Wildman–Crippen LogP) is 1.71. The Balaban J connectivity index is 1.49. The second-order valence-corrected chi connectivity index (χ2v) is 7.06. The highest BCUT2D eigenvalue weighted by Gasteiger charge is 2.28. The van der Waals surface area contributed by atoms with Gasteiger partial charge in [0.25, 0.3) is 0 Å². The molecule has 3 amide bonds. The third-order valence-corrected chi connectivity index (χ3v) is 5.29. The van der Waals surface area contributed by atoms with E-state index in [1.165, 1.54) is 12.8 Å². The molecule has 2 fully saturated rings. The van der Waals surface area contributed by atoms with E-state index in [2.05, 4.69) is 10.2 Å². The number of carbonyl (C=O) groups is 2. The molecule has 0 saturated carbocycles. The molecular formula is C18H28N4O3. The topological polar surface area (TPSA) is 91.8 Å². The van der Waals surface area contributed by atoms with Crippen LogP contribution in [-0.2, 0) is 4.79 Å². The molecule has 3 N–H and O–H groups in total. The lowest BCUT2D eigenvalue weighted by atomic mass is 9.93. The number of hydrogen-bond donors (Lipinski definition) is 2. The number of urea groups is 1. The zero-order valence-electron chi connectivity index (χ0n) is 14.7. The van der Waals surface area contributed by atoms with Crippen molar-refractivity contribution in [1.82, 2.24) is 15.1 Å². The molecule has 138 valence electrons. The summed E-state index contributed by atoms with van der Waals surface area (Å²) in [6, 6.07) is 3.93. The van der Waals surface area contributed by atoms with Crippen molar-refractivity contribution < 1.29 is 14.0 Å². The van der Waals surface area contributed by atoms with Crippen LogP contribution in [0.4, 0.5) is 4.79 Å². The first-order chi connectivity index (χ1) is 12.1. The summed E-state index contributed by atoms with van der Waals surface area (Å²) < 4.78 is 5.59. The van der Waals surface area contributed by atoms with Crippen LogP contribution in [0.2, 0.25) is 0 Å². The van der Waals surface area contributed by atoms with Gasteiger partial charge in [0.15, 0.2) is 0 Å². The number of primary amides is 1. The molecule has 1 aromatic rings. The Hall–Kier alpha value is -2.02. The number of hydrogen-bond acceptors (Lipinski definition) is 4. The van der Waals surface area contributed by atoms with Crippen molar-refractivity contribution in [3.63, 3.8) is 0 Å². The van der Waals surface area contributed by atoms with Gasteiger partial charge in [-0.25, -0.2) is 4.79 Å². The number of rotatable bonds is 6. The fourth-order valence-corrected chi connectivity index (χ4v) is 3.86. The molecule has 0 aromatic carbocycles. The second-order valence-electron chi connectivity index (χ2n) is 7.06. The summed E-state index contributed by atoms with van der Waals surface area (Å²) >= 11 is 0. The number of amides is 3. The molecule has 0 bridgehead atoms. The van der Waals surface area contributed by atoms with Gasteiger partial charge in [-0.05, 0) is 56.8 Å².